The van der Waals surface area contributed by atoms with E-state index < -0.39 is 17.8 Å². The van der Waals surface area contributed by atoms with Crippen LogP contribution in [0.2, 0.25) is 0 Å². The highest BCUT2D eigenvalue weighted by atomic mass is 16.6. The summed E-state index contributed by atoms with van der Waals surface area (Å²) < 4.78 is 7.45. The number of nitrogens with one attached hydrogen (secondary N) is 1. The van der Waals surface area contributed by atoms with Gasteiger partial charge in [-0.1, -0.05) is 18.2 Å². The van der Waals surface area contributed by atoms with Gasteiger partial charge in [-0.3, -0.25) is 4.68 Å². The predicted molar refractivity (Wildman–Crippen MR) is 104 cm³/mol. The first-order chi connectivity index (χ1) is 13.3. The van der Waals surface area contributed by atoms with E-state index in [1.165, 1.54) is 29.4 Å². The number of benzene rings is 1. The molecule has 7 heteroatoms. The molecule has 0 atom stereocenters. The van der Waals surface area contributed by atoms with Crippen molar-refractivity contribution in [1.82, 2.24) is 15.1 Å². The molecule has 2 N–H and O–H groups in total. The lowest BCUT2D eigenvalue weighted by Crippen LogP contribution is -2.38. The highest BCUT2D eigenvalue weighted by Gasteiger charge is 2.36. The molecular formula is C21H27N3O4. The maximum Gasteiger partial charge on any atom is 0.417 e. The molecule has 2 aromatic rings. The molecule has 28 heavy (non-hydrogen) atoms. The van der Waals surface area contributed by atoms with Crippen molar-refractivity contribution in [3.63, 3.8) is 0 Å². The average molecular weight is 385 g/mol. The van der Waals surface area contributed by atoms with Gasteiger partial charge in [0.25, 0.3) is 0 Å². The summed E-state index contributed by atoms with van der Waals surface area (Å²) >= 11 is 0. The number of carbonyl (C=O) groups excluding carboxylic acids is 1. The van der Waals surface area contributed by atoms with Crippen molar-refractivity contribution in [2.45, 2.75) is 69.9 Å². The molecule has 0 spiro atoms. The number of carboxylic acid groups (broad SMARTS) is 1. The lowest BCUT2D eigenvalue weighted by molar-refractivity contribution is 0.0225. The van der Waals surface area contributed by atoms with E-state index in [0.29, 0.717) is 24.3 Å². The van der Waals surface area contributed by atoms with E-state index in [1.54, 1.807) is 5.32 Å². The molecule has 2 amide bonds. The lowest BCUT2D eigenvalue weighted by atomic mass is 9.76. The second-order valence-corrected chi connectivity index (χ2v) is 8.73. The van der Waals surface area contributed by atoms with Gasteiger partial charge in [-0.15, -0.1) is 0 Å². The first kappa shape index (κ1) is 18.8. The molecule has 2 aliphatic carbocycles. The van der Waals surface area contributed by atoms with Gasteiger partial charge in [-0.25, -0.2) is 14.9 Å². The standard InChI is InChI=1S/C21H27N3O4/c1-21(2,28-20(27)22-19(25)26)10-9-13-11-15(12-13)24-17-6-4-3-5-16(17)18(23-24)14-7-8-14/h3-6,13-15H,7-12H2,1-2H3,(H,22,27)(H,25,26). The molecule has 0 unspecified atom stereocenters. The van der Waals surface area contributed by atoms with Crippen LogP contribution in [-0.2, 0) is 4.74 Å². The average Bonchev–Trinajstić information content (AvgIpc) is 3.34. The Labute approximate surface area is 164 Å². The van der Waals surface area contributed by atoms with Gasteiger partial charge in [-0.05, 0) is 64.4 Å². The fraction of sp³-hybridized carbons (Fsp3) is 0.571. The monoisotopic (exact) mass is 385 g/mol. The lowest BCUT2D eigenvalue weighted by Gasteiger charge is -2.37. The SMILES string of the molecule is CC(C)(CCC1CC(n2nc(C3CC3)c3ccccc32)C1)OC(=O)NC(=O)O. The number of hydrogen-bond donors (Lipinski definition) is 2. The molecule has 4 rings (SSSR count). The van der Waals surface area contributed by atoms with Crippen LogP contribution in [0.25, 0.3) is 10.9 Å². The normalized spacial score (nSPS) is 21.9. The Balaban J connectivity index is 1.32. The van der Waals surface area contributed by atoms with Crippen LogP contribution in [0.15, 0.2) is 24.3 Å². The Morgan fingerprint density at radius 2 is 2.00 bits per heavy atom. The zero-order chi connectivity index (χ0) is 19.9. The smallest absolute Gasteiger partial charge is 0.417 e. The Hall–Kier alpha value is -2.57. The number of nitrogens with zero attached hydrogens (tertiary/aromatic N) is 2. The molecule has 0 saturated heterocycles. The van der Waals surface area contributed by atoms with Crippen molar-refractivity contribution in [1.29, 1.82) is 0 Å². The van der Waals surface area contributed by atoms with Crippen molar-refractivity contribution in [3.8, 4) is 0 Å². The van der Waals surface area contributed by atoms with Crippen molar-refractivity contribution in [2.24, 2.45) is 5.92 Å². The summed E-state index contributed by atoms with van der Waals surface area (Å²) in [5.41, 5.74) is 1.81. The molecule has 2 aliphatic rings. The summed E-state index contributed by atoms with van der Waals surface area (Å²) in [6, 6.07) is 8.95. The molecule has 150 valence electrons. The Morgan fingerprint density at radius 3 is 2.68 bits per heavy atom. The van der Waals surface area contributed by atoms with Crippen molar-refractivity contribution < 1.29 is 19.4 Å². The number of ether oxygens (including phenoxy) is 1. The van der Waals surface area contributed by atoms with E-state index in [2.05, 4.69) is 28.9 Å². The fourth-order valence-corrected chi connectivity index (χ4v) is 4.15. The molecule has 1 aromatic heterocycles. The number of amides is 2. The van der Waals surface area contributed by atoms with Crippen LogP contribution in [-0.4, -0.2) is 32.7 Å². The van der Waals surface area contributed by atoms with E-state index in [4.69, 9.17) is 14.9 Å². The minimum Gasteiger partial charge on any atom is -0.465 e. The summed E-state index contributed by atoms with van der Waals surface area (Å²) in [7, 11) is 0. The van der Waals surface area contributed by atoms with Gasteiger partial charge in [0.1, 0.15) is 5.60 Å². The van der Waals surface area contributed by atoms with Gasteiger partial charge in [0.15, 0.2) is 0 Å². The Kier molecular flexibility index (Phi) is 4.77. The van der Waals surface area contributed by atoms with E-state index in [0.717, 1.165) is 19.3 Å². The number of alkyl carbamates (subject to hydrolysis) is 1. The maximum absolute atomic E-state index is 11.5. The minimum absolute atomic E-state index is 0.432. The zero-order valence-electron chi connectivity index (χ0n) is 16.4. The number of carbonyl (C=O) groups is 2. The van der Waals surface area contributed by atoms with Gasteiger partial charge in [0.2, 0.25) is 0 Å². The van der Waals surface area contributed by atoms with Crippen LogP contribution < -0.4 is 5.32 Å². The van der Waals surface area contributed by atoms with Crippen molar-refractivity contribution in [3.05, 3.63) is 30.0 Å². The summed E-state index contributed by atoms with van der Waals surface area (Å²) in [5, 5.41) is 16.6. The second kappa shape index (κ2) is 7.11. The molecule has 7 nitrogen and oxygen atoms in total. The summed E-state index contributed by atoms with van der Waals surface area (Å²) in [6.45, 7) is 3.63. The quantitative estimate of drug-likeness (QED) is 0.743. The third-order valence-electron chi connectivity index (χ3n) is 5.90. The molecule has 1 aromatic carbocycles. The predicted octanol–water partition coefficient (Wildman–Crippen LogP) is 4.83. The van der Waals surface area contributed by atoms with Crippen LogP contribution in [0.1, 0.15) is 70.0 Å². The second-order valence-electron chi connectivity index (χ2n) is 8.73. The number of hydrogen-bond acceptors (Lipinski definition) is 4. The number of rotatable bonds is 6. The first-order valence-electron chi connectivity index (χ1n) is 10.0. The van der Waals surface area contributed by atoms with Gasteiger partial charge < -0.3 is 9.84 Å². The maximum atomic E-state index is 11.5. The summed E-state index contributed by atoms with van der Waals surface area (Å²) in [6.07, 6.45) is 3.97. The Morgan fingerprint density at radius 1 is 1.29 bits per heavy atom. The van der Waals surface area contributed by atoms with E-state index in [9.17, 15) is 9.59 Å². The van der Waals surface area contributed by atoms with Crippen molar-refractivity contribution >= 4 is 23.1 Å². The van der Waals surface area contributed by atoms with Crippen LogP contribution in [0.5, 0.6) is 0 Å². The molecule has 1 heterocycles. The van der Waals surface area contributed by atoms with Gasteiger partial charge in [0.05, 0.1) is 17.3 Å². The van der Waals surface area contributed by atoms with Crippen LogP contribution in [0.3, 0.4) is 0 Å². The van der Waals surface area contributed by atoms with E-state index >= 15 is 0 Å². The molecule has 2 fully saturated rings. The van der Waals surface area contributed by atoms with Gasteiger partial charge in [-0.2, -0.15) is 5.10 Å². The van der Waals surface area contributed by atoms with Gasteiger partial charge >= 0.3 is 12.2 Å². The highest BCUT2D eigenvalue weighted by Crippen LogP contribution is 2.46. The summed E-state index contributed by atoms with van der Waals surface area (Å²) in [4.78, 5) is 22.0. The number of aromatic nitrogens is 2. The molecule has 0 radical (unpaired) electrons. The van der Waals surface area contributed by atoms with Crippen LogP contribution >= 0.6 is 0 Å². The Bertz CT molecular complexity index is 894. The molecular weight excluding hydrogens is 358 g/mol. The molecule has 0 aliphatic heterocycles. The first-order valence-corrected chi connectivity index (χ1v) is 10.0. The number of imide groups is 1. The minimum atomic E-state index is -1.40. The fourth-order valence-electron chi connectivity index (χ4n) is 4.15. The third-order valence-corrected chi connectivity index (χ3v) is 5.90. The third kappa shape index (κ3) is 3.98. The number of para-hydroxylation sites is 1. The topological polar surface area (TPSA) is 93.5 Å². The van der Waals surface area contributed by atoms with Crippen molar-refractivity contribution in [2.75, 3.05) is 0 Å². The zero-order valence-corrected chi connectivity index (χ0v) is 16.4. The van der Waals surface area contributed by atoms with E-state index in [1.807, 2.05) is 13.8 Å². The molecule has 0 bridgehead atoms. The van der Waals surface area contributed by atoms with Crippen LogP contribution in [0, 0.1) is 5.92 Å². The largest absolute Gasteiger partial charge is 0.465 e. The molecule has 2 saturated carbocycles. The number of fused-ring (bicyclic) bond motifs is 1. The van der Waals surface area contributed by atoms with E-state index in [-0.39, 0.29) is 0 Å². The van der Waals surface area contributed by atoms with Gasteiger partial charge in [0, 0.05) is 11.3 Å². The van der Waals surface area contributed by atoms with Crippen LogP contribution in [0.4, 0.5) is 9.59 Å². The highest BCUT2D eigenvalue weighted by molar-refractivity contribution is 5.86. The summed E-state index contributed by atoms with van der Waals surface area (Å²) in [5.74, 6) is 1.21.